The zero-order valence-electron chi connectivity index (χ0n) is 14.5. The largest absolute Gasteiger partial charge is 0.455 e. The van der Waals surface area contributed by atoms with Crippen molar-refractivity contribution in [2.75, 3.05) is 27.2 Å². The lowest BCUT2D eigenvalue weighted by atomic mass is 9.79. The maximum absolute atomic E-state index is 13.2. The summed E-state index contributed by atoms with van der Waals surface area (Å²) in [4.78, 5) is 37.2. The van der Waals surface area contributed by atoms with Crippen LogP contribution in [-0.4, -0.2) is 49.9 Å². The molecular formula is C18H23FN2O4. The first kappa shape index (κ1) is 18.9. The van der Waals surface area contributed by atoms with Crippen LogP contribution in [0.2, 0.25) is 0 Å². The van der Waals surface area contributed by atoms with Crippen molar-refractivity contribution in [2.24, 2.45) is 0 Å². The Morgan fingerprint density at radius 3 is 2.36 bits per heavy atom. The Morgan fingerprint density at radius 1 is 1.20 bits per heavy atom. The zero-order valence-corrected chi connectivity index (χ0v) is 14.5. The second-order valence-electron chi connectivity index (χ2n) is 6.30. The number of halogens is 1. The van der Waals surface area contributed by atoms with Crippen LogP contribution in [0.5, 0.6) is 0 Å². The molecule has 0 aliphatic heterocycles. The van der Waals surface area contributed by atoms with Gasteiger partial charge in [0.15, 0.2) is 6.61 Å². The van der Waals surface area contributed by atoms with E-state index in [2.05, 4.69) is 5.32 Å². The van der Waals surface area contributed by atoms with Gasteiger partial charge >= 0.3 is 5.97 Å². The summed E-state index contributed by atoms with van der Waals surface area (Å²) in [5.74, 6) is -1.60. The molecule has 0 heterocycles. The van der Waals surface area contributed by atoms with Gasteiger partial charge in [-0.2, -0.15) is 0 Å². The van der Waals surface area contributed by atoms with Gasteiger partial charge in [-0.05, 0) is 30.5 Å². The van der Waals surface area contributed by atoms with Crippen LogP contribution in [0.25, 0.3) is 0 Å². The molecule has 25 heavy (non-hydrogen) atoms. The number of nitrogens with zero attached hydrogens (tertiary/aromatic N) is 1. The molecule has 1 N–H and O–H groups in total. The maximum atomic E-state index is 13.2. The van der Waals surface area contributed by atoms with Gasteiger partial charge in [0.1, 0.15) is 5.82 Å². The Kier molecular flexibility index (Phi) is 6.12. The highest BCUT2D eigenvalue weighted by molar-refractivity contribution is 5.88. The highest BCUT2D eigenvalue weighted by Gasteiger charge is 2.44. The number of amides is 2. The zero-order chi connectivity index (χ0) is 18.4. The third-order valence-corrected chi connectivity index (χ3v) is 4.66. The van der Waals surface area contributed by atoms with Gasteiger partial charge in [0.05, 0.1) is 12.0 Å². The number of carbonyl (C=O) groups excluding carboxylic acids is 3. The van der Waals surface area contributed by atoms with E-state index in [0.29, 0.717) is 18.4 Å². The number of ether oxygens (including phenoxy) is 1. The first-order chi connectivity index (χ1) is 11.9. The normalized spacial score (nSPS) is 15.5. The molecule has 2 amide bonds. The number of benzene rings is 1. The molecule has 0 bridgehead atoms. The van der Waals surface area contributed by atoms with E-state index in [1.165, 1.54) is 31.1 Å². The molecule has 0 aromatic heterocycles. The summed E-state index contributed by atoms with van der Waals surface area (Å²) in [6.45, 7) is -0.523. The fourth-order valence-corrected chi connectivity index (χ4v) is 3.12. The number of hydrogen-bond donors (Lipinski definition) is 1. The van der Waals surface area contributed by atoms with Crippen LogP contribution >= 0.6 is 0 Å². The molecule has 1 fully saturated rings. The van der Waals surface area contributed by atoms with E-state index in [-0.39, 0.29) is 18.3 Å². The number of hydrogen-bond acceptors (Lipinski definition) is 4. The van der Waals surface area contributed by atoms with E-state index < -0.39 is 23.9 Å². The fourth-order valence-electron chi connectivity index (χ4n) is 3.12. The molecule has 2 rings (SSSR count). The molecule has 7 heteroatoms. The van der Waals surface area contributed by atoms with Crippen molar-refractivity contribution in [3.63, 3.8) is 0 Å². The van der Waals surface area contributed by atoms with Crippen LogP contribution in [0.1, 0.15) is 31.2 Å². The van der Waals surface area contributed by atoms with Crippen molar-refractivity contribution in [3.8, 4) is 0 Å². The molecular weight excluding hydrogens is 327 g/mol. The fraction of sp³-hybridized carbons (Fsp3) is 0.500. The average Bonchev–Trinajstić information content (AvgIpc) is 3.10. The number of carbonyl (C=O) groups is 3. The van der Waals surface area contributed by atoms with Crippen molar-refractivity contribution in [2.45, 2.75) is 31.1 Å². The van der Waals surface area contributed by atoms with Gasteiger partial charge in [-0.3, -0.25) is 14.4 Å². The summed E-state index contributed by atoms with van der Waals surface area (Å²) in [7, 11) is 2.95. The van der Waals surface area contributed by atoms with E-state index in [9.17, 15) is 18.8 Å². The van der Waals surface area contributed by atoms with Gasteiger partial charge in [0.25, 0.3) is 5.91 Å². The molecule has 1 aliphatic rings. The van der Waals surface area contributed by atoms with Gasteiger partial charge in [-0.1, -0.05) is 25.0 Å². The van der Waals surface area contributed by atoms with Crippen LogP contribution < -0.4 is 5.32 Å². The summed E-state index contributed by atoms with van der Waals surface area (Å²) in [6, 6.07) is 5.85. The average molecular weight is 350 g/mol. The van der Waals surface area contributed by atoms with E-state index >= 15 is 0 Å². The molecule has 1 aromatic rings. The molecule has 0 atom stereocenters. The summed E-state index contributed by atoms with van der Waals surface area (Å²) in [5, 5.41) is 2.42. The highest BCUT2D eigenvalue weighted by Crippen LogP contribution is 2.42. The summed E-state index contributed by atoms with van der Waals surface area (Å²) in [5.41, 5.74) is -0.115. The molecule has 1 aromatic carbocycles. The second kappa shape index (κ2) is 8.09. The van der Waals surface area contributed by atoms with Gasteiger partial charge in [0.2, 0.25) is 5.91 Å². The van der Waals surface area contributed by atoms with E-state index in [1.807, 2.05) is 0 Å². The van der Waals surface area contributed by atoms with E-state index in [4.69, 9.17) is 4.74 Å². The Morgan fingerprint density at radius 2 is 1.80 bits per heavy atom. The predicted molar refractivity (Wildman–Crippen MR) is 89.2 cm³/mol. The number of rotatable bonds is 6. The van der Waals surface area contributed by atoms with Gasteiger partial charge in [-0.25, -0.2) is 4.39 Å². The first-order valence-corrected chi connectivity index (χ1v) is 8.27. The molecule has 0 spiro atoms. The first-order valence-electron chi connectivity index (χ1n) is 8.27. The predicted octanol–water partition coefficient (Wildman–Crippen LogP) is 1.39. The monoisotopic (exact) mass is 350 g/mol. The lowest BCUT2D eigenvalue weighted by Crippen LogP contribution is -2.41. The van der Waals surface area contributed by atoms with Gasteiger partial charge < -0.3 is 15.0 Å². The topological polar surface area (TPSA) is 75.7 Å². The Hall–Kier alpha value is -2.44. The van der Waals surface area contributed by atoms with Gasteiger partial charge in [-0.15, -0.1) is 0 Å². The lowest BCUT2D eigenvalue weighted by Gasteiger charge is -2.27. The quantitative estimate of drug-likeness (QED) is 0.787. The SMILES string of the molecule is CNC(=O)CN(C)C(=O)COC(=O)C1(c2ccc(F)cc2)CCCC1. The van der Waals surface area contributed by atoms with Crippen molar-refractivity contribution >= 4 is 17.8 Å². The third-order valence-electron chi connectivity index (χ3n) is 4.66. The van der Waals surface area contributed by atoms with Crippen molar-refractivity contribution in [3.05, 3.63) is 35.6 Å². The molecule has 136 valence electrons. The minimum Gasteiger partial charge on any atom is -0.455 e. The molecule has 1 aliphatic carbocycles. The third kappa shape index (κ3) is 4.35. The minimum atomic E-state index is -0.826. The minimum absolute atomic E-state index is 0.101. The Labute approximate surface area is 146 Å². The highest BCUT2D eigenvalue weighted by atomic mass is 19.1. The molecule has 6 nitrogen and oxygen atoms in total. The summed E-state index contributed by atoms with van der Waals surface area (Å²) >= 11 is 0. The molecule has 0 unspecified atom stereocenters. The summed E-state index contributed by atoms with van der Waals surface area (Å²) < 4.78 is 18.4. The van der Waals surface area contributed by atoms with Crippen LogP contribution in [0.15, 0.2) is 24.3 Å². The molecule has 1 saturated carbocycles. The number of esters is 1. The number of nitrogens with one attached hydrogen (secondary N) is 1. The molecule has 0 saturated heterocycles. The van der Waals surface area contributed by atoms with Crippen molar-refractivity contribution < 1.29 is 23.5 Å². The lowest BCUT2D eigenvalue weighted by molar-refractivity contribution is -0.157. The smallest absolute Gasteiger partial charge is 0.317 e. The maximum Gasteiger partial charge on any atom is 0.317 e. The van der Waals surface area contributed by atoms with Crippen molar-refractivity contribution in [1.82, 2.24) is 10.2 Å². The second-order valence-corrected chi connectivity index (χ2v) is 6.30. The molecule has 0 radical (unpaired) electrons. The van der Waals surface area contributed by atoms with Crippen LogP contribution in [0, 0.1) is 5.82 Å². The van der Waals surface area contributed by atoms with Gasteiger partial charge in [0, 0.05) is 14.1 Å². The van der Waals surface area contributed by atoms with Crippen LogP contribution in [-0.2, 0) is 24.5 Å². The van der Waals surface area contributed by atoms with Crippen molar-refractivity contribution in [1.29, 1.82) is 0 Å². The Bertz CT molecular complexity index is 639. The van der Waals surface area contributed by atoms with Crippen LogP contribution in [0.3, 0.4) is 0 Å². The summed E-state index contributed by atoms with van der Waals surface area (Å²) in [6.07, 6.45) is 2.97. The Balaban J connectivity index is 2.03. The van der Waals surface area contributed by atoms with E-state index in [1.54, 1.807) is 12.1 Å². The van der Waals surface area contributed by atoms with Crippen LogP contribution in [0.4, 0.5) is 4.39 Å². The standard InChI is InChI=1S/C18H23FN2O4/c1-20-15(22)11-21(2)16(23)12-25-17(24)18(9-3-4-10-18)13-5-7-14(19)8-6-13/h5-8H,3-4,9-12H2,1-2H3,(H,20,22). The number of likely N-dealkylation sites (N-methyl/N-ethyl adjacent to an activating group) is 2. The van der Waals surface area contributed by atoms with E-state index in [0.717, 1.165) is 12.8 Å².